The molecule has 2 N–H and O–H groups in total. The van der Waals surface area contributed by atoms with Gasteiger partial charge in [0.1, 0.15) is 5.82 Å². The van der Waals surface area contributed by atoms with Gasteiger partial charge in [0.05, 0.1) is 12.3 Å². The fourth-order valence-corrected chi connectivity index (χ4v) is 2.81. The second-order valence-electron chi connectivity index (χ2n) is 5.03. The van der Waals surface area contributed by atoms with Crippen LogP contribution >= 0.6 is 0 Å². The molecule has 1 saturated heterocycles. The van der Waals surface area contributed by atoms with Gasteiger partial charge in [-0.15, -0.1) is 0 Å². The van der Waals surface area contributed by atoms with Gasteiger partial charge in [-0.1, -0.05) is 12.1 Å². The minimum Gasteiger partial charge on any atom is -0.336 e. The average Bonchev–Trinajstić information content (AvgIpc) is 2.80. The molecule has 2 amide bonds. The quantitative estimate of drug-likeness (QED) is 0.793. The van der Waals surface area contributed by atoms with Crippen LogP contribution in [0.2, 0.25) is 0 Å². The SMILES string of the molecule is CS(=O)(=O)NC[C@H](Cc1cccc(F)c1)N1CCNC1=O. The average molecular weight is 315 g/mol. The number of benzene rings is 1. The first-order valence-electron chi connectivity index (χ1n) is 6.59. The molecular weight excluding hydrogens is 297 g/mol. The van der Waals surface area contributed by atoms with Crippen molar-refractivity contribution in [2.45, 2.75) is 12.5 Å². The van der Waals surface area contributed by atoms with Crippen molar-refractivity contribution in [1.82, 2.24) is 14.9 Å². The van der Waals surface area contributed by atoms with E-state index in [0.29, 0.717) is 19.5 Å². The Morgan fingerprint density at radius 2 is 2.24 bits per heavy atom. The van der Waals surface area contributed by atoms with Crippen LogP contribution in [0.15, 0.2) is 24.3 Å². The molecule has 0 spiro atoms. The summed E-state index contributed by atoms with van der Waals surface area (Å²) >= 11 is 0. The van der Waals surface area contributed by atoms with E-state index < -0.39 is 10.0 Å². The Morgan fingerprint density at radius 1 is 1.48 bits per heavy atom. The number of nitrogens with one attached hydrogen (secondary N) is 2. The standard InChI is InChI=1S/C13H18FN3O3S/c1-21(19,20)16-9-12(17-6-5-15-13(17)18)8-10-3-2-4-11(14)7-10/h2-4,7,12,16H,5-6,8-9H2,1H3,(H,15,18)/t12-/m0/s1. The molecule has 8 heteroatoms. The van der Waals surface area contributed by atoms with Crippen molar-refractivity contribution in [3.63, 3.8) is 0 Å². The first kappa shape index (κ1) is 15.7. The summed E-state index contributed by atoms with van der Waals surface area (Å²) in [4.78, 5) is 13.3. The van der Waals surface area contributed by atoms with Crippen LogP contribution in [0.3, 0.4) is 0 Å². The molecule has 1 aromatic rings. The van der Waals surface area contributed by atoms with Gasteiger partial charge in [-0.05, 0) is 24.1 Å². The normalized spacial score (nSPS) is 16.9. The maximum Gasteiger partial charge on any atom is 0.317 e. The Balaban J connectivity index is 2.13. The van der Waals surface area contributed by atoms with E-state index in [1.165, 1.54) is 12.1 Å². The highest BCUT2D eigenvalue weighted by Crippen LogP contribution is 2.13. The maximum absolute atomic E-state index is 13.2. The van der Waals surface area contributed by atoms with Crippen molar-refractivity contribution >= 4 is 16.1 Å². The van der Waals surface area contributed by atoms with Crippen molar-refractivity contribution in [1.29, 1.82) is 0 Å². The van der Waals surface area contributed by atoms with E-state index >= 15 is 0 Å². The Labute approximate surface area is 123 Å². The van der Waals surface area contributed by atoms with E-state index in [9.17, 15) is 17.6 Å². The Bertz CT molecular complexity index is 621. The summed E-state index contributed by atoms with van der Waals surface area (Å²) < 4.78 is 38.2. The fraction of sp³-hybridized carbons (Fsp3) is 0.462. The zero-order valence-corrected chi connectivity index (χ0v) is 12.5. The number of rotatable bonds is 6. The molecule has 0 aliphatic carbocycles. The third-order valence-corrected chi connectivity index (χ3v) is 3.96. The van der Waals surface area contributed by atoms with Crippen LogP contribution in [-0.4, -0.2) is 51.3 Å². The molecule has 0 saturated carbocycles. The highest BCUT2D eigenvalue weighted by atomic mass is 32.2. The van der Waals surface area contributed by atoms with Gasteiger partial charge in [0.2, 0.25) is 10.0 Å². The number of sulfonamides is 1. The second kappa shape index (κ2) is 6.40. The first-order chi connectivity index (χ1) is 9.85. The molecular formula is C13H18FN3O3S. The van der Waals surface area contributed by atoms with Crippen LogP contribution in [0.4, 0.5) is 9.18 Å². The minimum absolute atomic E-state index is 0.1000. The van der Waals surface area contributed by atoms with Gasteiger partial charge in [-0.25, -0.2) is 22.3 Å². The number of halogens is 1. The molecule has 1 atom stereocenters. The smallest absolute Gasteiger partial charge is 0.317 e. The Kier molecular flexibility index (Phi) is 4.79. The summed E-state index contributed by atoms with van der Waals surface area (Å²) in [5.74, 6) is -0.354. The van der Waals surface area contributed by atoms with Gasteiger partial charge >= 0.3 is 6.03 Å². The third kappa shape index (κ3) is 4.68. The predicted molar refractivity (Wildman–Crippen MR) is 76.8 cm³/mol. The molecule has 0 radical (unpaired) electrons. The number of amides is 2. The lowest BCUT2D eigenvalue weighted by atomic mass is 10.0. The van der Waals surface area contributed by atoms with Crippen LogP contribution in [-0.2, 0) is 16.4 Å². The lowest BCUT2D eigenvalue weighted by Gasteiger charge is -2.27. The summed E-state index contributed by atoms with van der Waals surface area (Å²) in [5, 5.41) is 2.68. The minimum atomic E-state index is -3.35. The van der Waals surface area contributed by atoms with Crippen LogP contribution in [0.25, 0.3) is 0 Å². The van der Waals surface area contributed by atoms with E-state index in [4.69, 9.17) is 0 Å². The lowest BCUT2D eigenvalue weighted by molar-refractivity contribution is 0.197. The van der Waals surface area contributed by atoms with Gasteiger partial charge in [-0.3, -0.25) is 0 Å². The molecule has 6 nitrogen and oxygen atoms in total. The van der Waals surface area contributed by atoms with E-state index in [2.05, 4.69) is 10.0 Å². The van der Waals surface area contributed by atoms with Crippen LogP contribution in [0.1, 0.15) is 5.56 Å². The van der Waals surface area contributed by atoms with Gasteiger partial charge < -0.3 is 10.2 Å². The van der Waals surface area contributed by atoms with E-state index in [1.807, 2.05) is 0 Å². The van der Waals surface area contributed by atoms with Crippen LogP contribution in [0, 0.1) is 5.82 Å². The highest BCUT2D eigenvalue weighted by Gasteiger charge is 2.28. The summed E-state index contributed by atoms with van der Waals surface area (Å²) in [7, 11) is -3.35. The molecule has 0 aromatic heterocycles. The number of hydrogen-bond donors (Lipinski definition) is 2. The molecule has 116 valence electrons. The van der Waals surface area contributed by atoms with Gasteiger partial charge in [0, 0.05) is 19.6 Å². The van der Waals surface area contributed by atoms with E-state index in [1.54, 1.807) is 17.0 Å². The number of carbonyl (C=O) groups is 1. The topological polar surface area (TPSA) is 78.5 Å². The maximum atomic E-state index is 13.2. The molecule has 21 heavy (non-hydrogen) atoms. The summed E-state index contributed by atoms with van der Waals surface area (Å²) in [6.07, 6.45) is 1.45. The van der Waals surface area contributed by atoms with Crippen LogP contribution in [0.5, 0.6) is 0 Å². The molecule has 1 aliphatic rings. The molecule has 1 aliphatic heterocycles. The Hall–Kier alpha value is -1.67. The third-order valence-electron chi connectivity index (χ3n) is 3.27. The van der Waals surface area contributed by atoms with E-state index in [-0.39, 0.29) is 24.4 Å². The molecule has 1 heterocycles. The largest absolute Gasteiger partial charge is 0.336 e. The van der Waals surface area contributed by atoms with Crippen molar-refractivity contribution in [2.75, 3.05) is 25.9 Å². The number of urea groups is 1. The number of carbonyl (C=O) groups excluding carboxylic acids is 1. The summed E-state index contributed by atoms with van der Waals surface area (Å²) in [6.45, 7) is 1.13. The predicted octanol–water partition coefficient (Wildman–Crippen LogP) is 0.311. The highest BCUT2D eigenvalue weighted by molar-refractivity contribution is 7.88. The van der Waals surface area contributed by atoms with Crippen molar-refractivity contribution in [2.24, 2.45) is 0 Å². The lowest BCUT2D eigenvalue weighted by Crippen LogP contribution is -2.46. The van der Waals surface area contributed by atoms with E-state index in [0.717, 1.165) is 11.8 Å². The van der Waals surface area contributed by atoms with Crippen molar-refractivity contribution in [3.05, 3.63) is 35.6 Å². The number of hydrogen-bond acceptors (Lipinski definition) is 3. The Morgan fingerprint density at radius 3 is 2.81 bits per heavy atom. The fourth-order valence-electron chi connectivity index (χ4n) is 2.31. The molecule has 1 fully saturated rings. The van der Waals surface area contributed by atoms with Gasteiger partial charge in [-0.2, -0.15) is 0 Å². The summed E-state index contributed by atoms with van der Waals surface area (Å²) in [6, 6.07) is 5.49. The molecule has 2 rings (SSSR count). The summed E-state index contributed by atoms with van der Waals surface area (Å²) in [5.41, 5.74) is 0.718. The van der Waals surface area contributed by atoms with Crippen molar-refractivity contribution in [3.8, 4) is 0 Å². The number of nitrogens with zero attached hydrogens (tertiary/aromatic N) is 1. The van der Waals surface area contributed by atoms with Gasteiger partial charge in [0.25, 0.3) is 0 Å². The molecule has 1 aromatic carbocycles. The molecule has 0 unspecified atom stereocenters. The molecule has 0 bridgehead atoms. The monoisotopic (exact) mass is 315 g/mol. The zero-order valence-electron chi connectivity index (χ0n) is 11.7. The van der Waals surface area contributed by atoms with Crippen LogP contribution < -0.4 is 10.0 Å². The van der Waals surface area contributed by atoms with Crippen molar-refractivity contribution < 1.29 is 17.6 Å². The first-order valence-corrected chi connectivity index (χ1v) is 8.48. The zero-order chi connectivity index (χ0) is 15.5. The second-order valence-corrected chi connectivity index (χ2v) is 6.87. The van der Waals surface area contributed by atoms with Gasteiger partial charge in [0.15, 0.2) is 0 Å².